The number of para-hydroxylation sites is 1. The molecule has 0 saturated heterocycles. The number of nitrogens with one attached hydrogen (secondary N) is 1. The molecule has 3 rings (SSSR count). The number of aliphatic hydroxyl groups is 1. The first-order valence-corrected chi connectivity index (χ1v) is 8.32. The lowest BCUT2D eigenvalue weighted by atomic mass is 9.94. The summed E-state index contributed by atoms with van der Waals surface area (Å²) in [5.41, 5.74) is -3.27. The Hall–Kier alpha value is -3.13. The number of fused-ring (bicyclic) bond motifs is 1. The zero-order valence-corrected chi connectivity index (χ0v) is 14.8. The third-order valence-electron chi connectivity index (χ3n) is 4.35. The molecule has 0 aliphatic carbocycles. The lowest BCUT2D eigenvalue weighted by Crippen LogP contribution is -2.48. The van der Waals surface area contributed by atoms with Gasteiger partial charge in [0.15, 0.2) is 5.60 Å². The zero-order chi connectivity index (χ0) is 20.4. The minimum absolute atomic E-state index is 0.145. The van der Waals surface area contributed by atoms with Gasteiger partial charge in [-0.15, -0.1) is 0 Å². The third-order valence-corrected chi connectivity index (χ3v) is 4.35. The number of aromatic nitrogens is 1. The van der Waals surface area contributed by atoms with Gasteiger partial charge in [-0.2, -0.15) is 13.2 Å². The van der Waals surface area contributed by atoms with Gasteiger partial charge in [-0.3, -0.25) is 9.79 Å². The predicted molar refractivity (Wildman–Crippen MR) is 100 cm³/mol. The van der Waals surface area contributed by atoms with Crippen molar-refractivity contribution < 1.29 is 23.0 Å². The van der Waals surface area contributed by atoms with Gasteiger partial charge >= 0.3 is 6.18 Å². The van der Waals surface area contributed by atoms with Gasteiger partial charge in [0.25, 0.3) is 5.56 Å². The Balaban J connectivity index is 2.05. The lowest BCUT2D eigenvalue weighted by Gasteiger charge is -2.27. The van der Waals surface area contributed by atoms with Crippen LogP contribution in [-0.4, -0.2) is 35.2 Å². The first-order valence-electron chi connectivity index (χ1n) is 8.32. The number of alkyl halides is 3. The number of nitrogens with zero attached hydrogens (tertiary/aromatic N) is 1. The van der Waals surface area contributed by atoms with Crippen LogP contribution in [0.25, 0.3) is 10.8 Å². The molecular formula is C20H17F3N2O3. The summed E-state index contributed by atoms with van der Waals surface area (Å²) in [6.45, 7) is 0. The molecule has 0 radical (unpaired) electrons. The van der Waals surface area contributed by atoms with Crippen LogP contribution in [0.2, 0.25) is 0 Å². The Labute approximate surface area is 158 Å². The van der Waals surface area contributed by atoms with Gasteiger partial charge < -0.3 is 14.8 Å². The van der Waals surface area contributed by atoms with Crippen LogP contribution >= 0.6 is 0 Å². The fourth-order valence-corrected chi connectivity index (χ4v) is 2.85. The lowest BCUT2D eigenvalue weighted by molar-refractivity contribution is -0.228. The molecular weight excluding hydrogens is 373 g/mol. The molecule has 3 aromatic rings. The molecule has 2 N–H and O–H groups in total. The monoisotopic (exact) mass is 390 g/mol. The van der Waals surface area contributed by atoms with Gasteiger partial charge in [0.05, 0.1) is 12.8 Å². The number of hydrogen-bond donors (Lipinski definition) is 2. The number of rotatable bonds is 5. The molecule has 28 heavy (non-hydrogen) atoms. The highest BCUT2D eigenvalue weighted by molar-refractivity contribution is 5.93. The van der Waals surface area contributed by atoms with E-state index in [0.29, 0.717) is 11.6 Å². The van der Waals surface area contributed by atoms with Crippen LogP contribution in [0.1, 0.15) is 5.56 Å². The molecule has 1 aromatic heterocycles. The van der Waals surface area contributed by atoms with Gasteiger partial charge in [0.1, 0.15) is 5.75 Å². The quantitative estimate of drug-likeness (QED) is 0.651. The molecule has 0 amide bonds. The van der Waals surface area contributed by atoms with Gasteiger partial charge in [-0.1, -0.05) is 24.3 Å². The number of methoxy groups -OCH3 is 1. The van der Waals surface area contributed by atoms with Gasteiger partial charge in [-0.25, -0.2) is 0 Å². The second kappa shape index (κ2) is 7.47. The van der Waals surface area contributed by atoms with Crippen LogP contribution in [0.4, 0.5) is 18.9 Å². The Morgan fingerprint density at radius 2 is 1.86 bits per heavy atom. The number of benzene rings is 2. The molecule has 2 aromatic carbocycles. The van der Waals surface area contributed by atoms with Gasteiger partial charge in [-0.05, 0) is 29.8 Å². The van der Waals surface area contributed by atoms with Crippen molar-refractivity contribution in [3.63, 3.8) is 0 Å². The summed E-state index contributed by atoms with van der Waals surface area (Å²) < 4.78 is 46.1. The SMILES string of the molecule is COc1ccccc1CC(O)(/C=N/c1cccc2c(=O)[nH]ccc12)C(F)(F)F. The number of ether oxygens (including phenoxy) is 1. The largest absolute Gasteiger partial charge is 0.496 e. The van der Waals surface area contributed by atoms with Crippen molar-refractivity contribution in [2.45, 2.75) is 18.2 Å². The fourth-order valence-electron chi connectivity index (χ4n) is 2.85. The van der Waals surface area contributed by atoms with Gasteiger partial charge in [0, 0.05) is 29.6 Å². The summed E-state index contributed by atoms with van der Waals surface area (Å²) in [6, 6.07) is 12.2. The Bertz CT molecular complexity index is 1080. The van der Waals surface area contributed by atoms with Crippen LogP contribution in [0.3, 0.4) is 0 Å². The van der Waals surface area contributed by atoms with Crippen LogP contribution in [0.5, 0.6) is 5.75 Å². The summed E-state index contributed by atoms with van der Waals surface area (Å²) in [6.07, 6.45) is -3.89. The van der Waals surface area contributed by atoms with Gasteiger partial charge in [0.2, 0.25) is 0 Å². The number of H-pyrrole nitrogens is 1. The predicted octanol–water partition coefficient (Wildman–Crippen LogP) is 3.78. The van der Waals surface area contributed by atoms with Crippen molar-refractivity contribution >= 4 is 22.7 Å². The first kappa shape index (κ1) is 19.6. The smallest absolute Gasteiger partial charge is 0.422 e. The molecule has 0 saturated carbocycles. The highest BCUT2D eigenvalue weighted by Crippen LogP contribution is 2.35. The summed E-state index contributed by atoms with van der Waals surface area (Å²) in [5, 5.41) is 11.1. The molecule has 0 aliphatic heterocycles. The highest BCUT2D eigenvalue weighted by Gasteiger charge is 2.53. The Kier molecular flexibility index (Phi) is 5.24. The summed E-state index contributed by atoms with van der Waals surface area (Å²) >= 11 is 0. The minimum Gasteiger partial charge on any atom is -0.496 e. The molecule has 0 spiro atoms. The van der Waals surface area contributed by atoms with E-state index in [2.05, 4.69) is 9.98 Å². The second-order valence-electron chi connectivity index (χ2n) is 6.21. The molecule has 146 valence electrons. The zero-order valence-electron chi connectivity index (χ0n) is 14.8. The second-order valence-corrected chi connectivity index (χ2v) is 6.21. The van der Waals surface area contributed by atoms with E-state index in [0.717, 1.165) is 0 Å². The highest BCUT2D eigenvalue weighted by atomic mass is 19.4. The maximum atomic E-state index is 13.7. The molecule has 5 nitrogen and oxygen atoms in total. The molecule has 8 heteroatoms. The molecule has 1 atom stereocenters. The van der Waals surface area contributed by atoms with Crippen molar-refractivity contribution in [2.24, 2.45) is 4.99 Å². The number of aromatic amines is 1. The van der Waals surface area contributed by atoms with Crippen molar-refractivity contribution in [2.75, 3.05) is 7.11 Å². The number of pyridine rings is 1. The van der Waals surface area contributed by atoms with Crippen LogP contribution in [0.15, 0.2) is 64.5 Å². The Morgan fingerprint density at radius 3 is 2.57 bits per heavy atom. The van der Waals surface area contributed by atoms with Crippen molar-refractivity contribution in [1.82, 2.24) is 4.98 Å². The number of aliphatic imine (C=N–C) groups is 1. The number of hydrogen-bond acceptors (Lipinski definition) is 4. The van der Waals surface area contributed by atoms with E-state index in [4.69, 9.17) is 4.74 Å². The van der Waals surface area contributed by atoms with Crippen LogP contribution in [0, 0.1) is 0 Å². The fraction of sp³-hybridized carbons (Fsp3) is 0.200. The summed E-state index contributed by atoms with van der Waals surface area (Å²) in [4.78, 5) is 18.2. The molecule has 1 heterocycles. The first-order chi connectivity index (χ1) is 13.2. The van der Waals surface area contributed by atoms with Crippen LogP contribution < -0.4 is 10.3 Å². The van der Waals surface area contributed by atoms with Crippen molar-refractivity contribution in [3.05, 3.63) is 70.6 Å². The van der Waals surface area contributed by atoms with E-state index in [1.54, 1.807) is 12.1 Å². The maximum Gasteiger partial charge on any atom is 0.422 e. The van der Waals surface area contributed by atoms with Crippen molar-refractivity contribution in [1.29, 1.82) is 0 Å². The molecule has 1 unspecified atom stereocenters. The van der Waals surface area contributed by atoms with Crippen LogP contribution in [-0.2, 0) is 6.42 Å². The Morgan fingerprint density at radius 1 is 1.11 bits per heavy atom. The maximum absolute atomic E-state index is 13.7. The standard InChI is InChI=1S/C20H17F3N2O3/c1-28-17-8-3-2-5-13(17)11-19(27,20(21,22)23)12-25-16-7-4-6-15-14(16)9-10-24-18(15)26/h2-10,12,27H,11H2,1H3,(H,24,26)/b25-12+. The van der Waals surface area contributed by atoms with E-state index in [9.17, 15) is 23.1 Å². The van der Waals surface area contributed by atoms with E-state index in [1.165, 1.54) is 49.7 Å². The molecule has 0 fully saturated rings. The third kappa shape index (κ3) is 3.77. The minimum atomic E-state index is -4.97. The molecule has 0 bridgehead atoms. The summed E-state index contributed by atoms with van der Waals surface area (Å²) in [5.74, 6) is 0.232. The van der Waals surface area contributed by atoms with Crippen molar-refractivity contribution in [3.8, 4) is 5.75 Å². The average Bonchev–Trinajstić information content (AvgIpc) is 2.66. The average molecular weight is 390 g/mol. The number of halogens is 3. The van der Waals surface area contributed by atoms with E-state index in [-0.39, 0.29) is 27.9 Å². The van der Waals surface area contributed by atoms with E-state index < -0.39 is 18.2 Å². The topological polar surface area (TPSA) is 74.7 Å². The van der Waals surface area contributed by atoms with E-state index >= 15 is 0 Å². The molecule has 0 aliphatic rings. The summed E-state index contributed by atoms with van der Waals surface area (Å²) in [7, 11) is 1.34. The normalized spacial score (nSPS) is 14.3. The van der Waals surface area contributed by atoms with E-state index in [1.807, 2.05) is 0 Å².